The summed E-state index contributed by atoms with van der Waals surface area (Å²) in [5, 5.41) is 8.81. The average molecular weight is 178 g/mol. The minimum Gasteiger partial charge on any atom is -0.396 e. The Morgan fingerprint density at radius 3 is 2.62 bits per heavy atom. The van der Waals surface area contributed by atoms with E-state index in [1.54, 1.807) is 0 Å². The van der Waals surface area contributed by atoms with Crippen molar-refractivity contribution in [3.63, 3.8) is 0 Å². The Morgan fingerprint density at radius 1 is 1.38 bits per heavy atom. The van der Waals surface area contributed by atoms with Gasteiger partial charge in [0.05, 0.1) is 0 Å². The van der Waals surface area contributed by atoms with E-state index in [-0.39, 0.29) is 6.61 Å². The third-order valence-corrected chi connectivity index (χ3v) is 2.76. The van der Waals surface area contributed by atoms with Crippen LogP contribution in [0.5, 0.6) is 0 Å². The lowest BCUT2D eigenvalue weighted by Gasteiger charge is -2.26. The molecule has 0 saturated carbocycles. The minimum absolute atomic E-state index is 0.258. The molecular weight excluding hydrogens is 160 g/mol. The molecule has 0 aromatic carbocycles. The maximum Gasteiger partial charge on any atom is 0.0468 e. The fraction of sp³-hybridized carbons (Fsp3) is 0.500. The van der Waals surface area contributed by atoms with Crippen molar-refractivity contribution in [3.8, 4) is 0 Å². The Hall–Kier alpha value is -0.820. The second kappa shape index (κ2) is 5.03. The first-order chi connectivity index (χ1) is 6.31. The van der Waals surface area contributed by atoms with Gasteiger partial charge >= 0.3 is 0 Å². The van der Waals surface area contributed by atoms with E-state index in [2.05, 4.69) is 19.2 Å². The maximum absolute atomic E-state index is 8.81. The fourth-order valence-electron chi connectivity index (χ4n) is 1.89. The normalized spacial score (nSPS) is 27.9. The van der Waals surface area contributed by atoms with Crippen molar-refractivity contribution < 1.29 is 5.11 Å². The molecule has 2 atom stereocenters. The summed E-state index contributed by atoms with van der Waals surface area (Å²) in [5.74, 6) is 1.06. The number of aliphatic hydroxyl groups excluding tert-OH is 1. The summed E-state index contributed by atoms with van der Waals surface area (Å²) in [4.78, 5) is 0. The molecule has 0 radical (unpaired) electrons. The van der Waals surface area contributed by atoms with Crippen molar-refractivity contribution >= 4 is 0 Å². The van der Waals surface area contributed by atoms with Crippen LogP contribution in [0.15, 0.2) is 37.0 Å². The summed E-state index contributed by atoms with van der Waals surface area (Å²) in [7, 11) is 0. The van der Waals surface area contributed by atoms with Crippen LogP contribution in [0.2, 0.25) is 0 Å². The Morgan fingerprint density at radius 2 is 2.08 bits per heavy atom. The molecular formula is C12H18O. The number of rotatable bonds is 4. The van der Waals surface area contributed by atoms with E-state index in [9.17, 15) is 0 Å². The van der Waals surface area contributed by atoms with Gasteiger partial charge in [-0.15, -0.1) is 13.2 Å². The van der Waals surface area contributed by atoms with Crippen LogP contribution in [0.3, 0.4) is 0 Å². The standard InChI is InChI=1S/C12H18O/c1-3-11-6-5-10(7-8-13)9-12(11)4-2/h3-5,11-13H,1-2,6-9H2/t11-,12+/m1/s1. The highest BCUT2D eigenvalue weighted by Gasteiger charge is 2.20. The van der Waals surface area contributed by atoms with Crippen LogP contribution in [0.25, 0.3) is 0 Å². The molecule has 1 aliphatic carbocycles. The van der Waals surface area contributed by atoms with E-state index in [0.29, 0.717) is 11.8 Å². The molecule has 0 aromatic heterocycles. The molecule has 0 bridgehead atoms. The van der Waals surface area contributed by atoms with Crippen LogP contribution < -0.4 is 0 Å². The topological polar surface area (TPSA) is 20.2 Å². The second-order valence-electron chi connectivity index (χ2n) is 3.57. The van der Waals surface area contributed by atoms with Gasteiger partial charge in [-0.25, -0.2) is 0 Å². The summed E-state index contributed by atoms with van der Waals surface area (Å²) in [5.41, 5.74) is 1.37. The van der Waals surface area contributed by atoms with E-state index in [1.807, 2.05) is 12.2 Å². The van der Waals surface area contributed by atoms with Crippen molar-refractivity contribution in [1.29, 1.82) is 0 Å². The highest BCUT2D eigenvalue weighted by atomic mass is 16.2. The van der Waals surface area contributed by atoms with Crippen LogP contribution in [-0.2, 0) is 0 Å². The van der Waals surface area contributed by atoms with Gasteiger partial charge in [0, 0.05) is 6.61 Å². The molecule has 0 amide bonds. The molecule has 1 aliphatic rings. The molecule has 0 fully saturated rings. The van der Waals surface area contributed by atoms with Crippen LogP contribution in [0, 0.1) is 11.8 Å². The number of hydrogen-bond donors (Lipinski definition) is 1. The molecule has 1 nitrogen and oxygen atoms in total. The first-order valence-corrected chi connectivity index (χ1v) is 4.85. The molecule has 1 rings (SSSR count). The zero-order valence-electron chi connectivity index (χ0n) is 8.08. The quantitative estimate of drug-likeness (QED) is 0.656. The van der Waals surface area contributed by atoms with Crippen molar-refractivity contribution in [2.75, 3.05) is 6.61 Å². The lowest BCUT2D eigenvalue weighted by atomic mass is 9.79. The molecule has 72 valence electrons. The summed E-state index contributed by atoms with van der Waals surface area (Å²) in [6, 6.07) is 0. The van der Waals surface area contributed by atoms with E-state index in [1.165, 1.54) is 5.57 Å². The van der Waals surface area contributed by atoms with Gasteiger partial charge in [0.25, 0.3) is 0 Å². The molecule has 1 heteroatoms. The SMILES string of the molecule is C=C[C@@H]1CC=C(CCO)C[C@@H]1C=C. The first-order valence-electron chi connectivity index (χ1n) is 4.85. The van der Waals surface area contributed by atoms with Crippen molar-refractivity contribution in [2.45, 2.75) is 19.3 Å². The monoisotopic (exact) mass is 178 g/mol. The van der Waals surface area contributed by atoms with Crippen LogP contribution in [0.1, 0.15) is 19.3 Å². The van der Waals surface area contributed by atoms with E-state index >= 15 is 0 Å². The van der Waals surface area contributed by atoms with Gasteiger partial charge in [-0.1, -0.05) is 23.8 Å². The summed E-state index contributed by atoms with van der Waals surface area (Å²) < 4.78 is 0. The zero-order chi connectivity index (χ0) is 9.68. The van der Waals surface area contributed by atoms with E-state index < -0.39 is 0 Å². The van der Waals surface area contributed by atoms with E-state index in [4.69, 9.17) is 5.11 Å². The number of allylic oxidation sites excluding steroid dienone is 3. The van der Waals surface area contributed by atoms with Crippen molar-refractivity contribution in [1.82, 2.24) is 0 Å². The highest BCUT2D eigenvalue weighted by Crippen LogP contribution is 2.32. The molecule has 0 aliphatic heterocycles. The van der Waals surface area contributed by atoms with Crippen LogP contribution in [0.4, 0.5) is 0 Å². The van der Waals surface area contributed by atoms with Gasteiger partial charge in [-0.3, -0.25) is 0 Å². The molecule has 0 heterocycles. The smallest absolute Gasteiger partial charge is 0.0468 e. The third kappa shape index (κ3) is 2.56. The number of aliphatic hydroxyl groups is 1. The fourth-order valence-corrected chi connectivity index (χ4v) is 1.89. The second-order valence-corrected chi connectivity index (χ2v) is 3.57. The average Bonchev–Trinajstić information content (AvgIpc) is 2.18. The summed E-state index contributed by atoms with van der Waals surface area (Å²) in [6.45, 7) is 7.93. The lowest BCUT2D eigenvalue weighted by Crippen LogP contribution is -2.15. The maximum atomic E-state index is 8.81. The van der Waals surface area contributed by atoms with Crippen LogP contribution >= 0.6 is 0 Å². The first kappa shape index (κ1) is 10.3. The molecule has 0 saturated heterocycles. The van der Waals surface area contributed by atoms with Gasteiger partial charge < -0.3 is 5.11 Å². The molecule has 0 spiro atoms. The predicted octanol–water partition coefficient (Wildman–Crippen LogP) is 2.69. The Kier molecular flexibility index (Phi) is 3.97. The Labute approximate surface area is 80.5 Å². The Balaban J connectivity index is 2.61. The van der Waals surface area contributed by atoms with Gasteiger partial charge in [0.2, 0.25) is 0 Å². The third-order valence-electron chi connectivity index (χ3n) is 2.76. The van der Waals surface area contributed by atoms with Crippen molar-refractivity contribution in [2.24, 2.45) is 11.8 Å². The van der Waals surface area contributed by atoms with Gasteiger partial charge in [0.1, 0.15) is 0 Å². The zero-order valence-corrected chi connectivity index (χ0v) is 8.08. The van der Waals surface area contributed by atoms with Crippen LogP contribution in [-0.4, -0.2) is 11.7 Å². The summed E-state index contributed by atoms with van der Waals surface area (Å²) >= 11 is 0. The highest BCUT2D eigenvalue weighted by molar-refractivity contribution is 5.14. The lowest BCUT2D eigenvalue weighted by molar-refractivity contribution is 0.293. The van der Waals surface area contributed by atoms with Gasteiger partial charge in [-0.05, 0) is 31.1 Å². The molecule has 0 aromatic rings. The van der Waals surface area contributed by atoms with Gasteiger partial charge in [0.15, 0.2) is 0 Å². The van der Waals surface area contributed by atoms with Crippen molar-refractivity contribution in [3.05, 3.63) is 37.0 Å². The number of hydrogen-bond acceptors (Lipinski definition) is 1. The Bertz CT molecular complexity index is 215. The molecule has 1 N–H and O–H groups in total. The van der Waals surface area contributed by atoms with E-state index in [0.717, 1.165) is 19.3 Å². The predicted molar refractivity (Wildman–Crippen MR) is 56.4 cm³/mol. The molecule has 0 unspecified atom stereocenters. The van der Waals surface area contributed by atoms with Gasteiger partial charge in [-0.2, -0.15) is 0 Å². The largest absolute Gasteiger partial charge is 0.396 e. The molecule has 13 heavy (non-hydrogen) atoms. The summed E-state index contributed by atoms with van der Waals surface area (Å²) in [6.07, 6.45) is 9.17. The minimum atomic E-state index is 0.258.